The molecule has 3 aromatic rings. The van der Waals surface area contributed by atoms with Gasteiger partial charge < -0.3 is 38.0 Å². The van der Waals surface area contributed by atoms with Crippen LogP contribution >= 0.6 is 23.2 Å². The number of anilines is 1. The zero-order chi connectivity index (χ0) is 20.5. The Bertz CT molecular complexity index is 1140. The van der Waals surface area contributed by atoms with Gasteiger partial charge in [-0.1, -0.05) is 30.1 Å². The van der Waals surface area contributed by atoms with Crippen LogP contribution in [-0.2, 0) is 6.54 Å². The number of nitrogens with zero attached hydrogens (tertiary/aromatic N) is 2. The summed E-state index contributed by atoms with van der Waals surface area (Å²) in [6.07, 6.45) is 4.97. The normalized spacial score (nSPS) is 14.8. The van der Waals surface area contributed by atoms with Gasteiger partial charge in [-0.15, -0.1) is 0 Å². The summed E-state index contributed by atoms with van der Waals surface area (Å²) in [4.78, 5) is 2.12. The van der Waals surface area contributed by atoms with E-state index in [0.717, 1.165) is 59.4 Å². The molecular weight excluding hydrogens is 534 g/mol. The van der Waals surface area contributed by atoms with Gasteiger partial charge in [-0.25, -0.2) is 0 Å². The fourth-order valence-electron chi connectivity index (χ4n) is 3.58. The number of fused-ring (bicyclic) bond motifs is 2. The van der Waals surface area contributed by atoms with Gasteiger partial charge >= 0.3 is 5.89 Å². The third kappa shape index (κ3) is 4.34. The summed E-state index contributed by atoms with van der Waals surface area (Å²) >= 11 is 12.4. The van der Waals surface area contributed by atoms with Crippen molar-refractivity contribution in [3.63, 3.8) is 0 Å². The molecule has 0 unspecified atom stereocenters. The van der Waals surface area contributed by atoms with Crippen LogP contribution < -0.4 is 38.2 Å². The third-order valence-corrected chi connectivity index (χ3v) is 5.51. The zero-order valence-corrected chi connectivity index (χ0v) is 20.8. The first kappa shape index (κ1) is 23.0. The van der Waals surface area contributed by atoms with E-state index < -0.39 is 0 Å². The van der Waals surface area contributed by atoms with Crippen LogP contribution in [0.4, 0.5) is 5.69 Å². The summed E-state index contributed by atoms with van der Waals surface area (Å²) in [6, 6.07) is 11.4. The maximum Gasteiger partial charge on any atom is 0.374 e. The molecule has 0 bridgehead atoms. The molecule has 158 valence electrons. The molecule has 0 saturated heterocycles. The average Bonchev–Trinajstić information content (AvgIpc) is 3.23. The van der Waals surface area contributed by atoms with Crippen molar-refractivity contribution in [1.29, 1.82) is 0 Å². The molecule has 0 N–H and O–H groups in total. The van der Waals surface area contributed by atoms with Gasteiger partial charge in [0.25, 0.3) is 5.52 Å². The number of halogens is 3. The van der Waals surface area contributed by atoms with Crippen LogP contribution in [0.1, 0.15) is 33.1 Å². The quantitative estimate of drug-likeness (QED) is 0.355. The molecule has 0 radical (unpaired) electrons. The van der Waals surface area contributed by atoms with Gasteiger partial charge in [0.15, 0.2) is 5.75 Å². The van der Waals surface area contributed by atoms with E-state index in [-0.39, 0.29) is 24.0 Å². The Labute approximate surface area is 203 Å². The molecule has 0 amide bonds. The smallest absolute Gasteiger partial charge is 0.374 e. The Morgan fingerprint density at radius 1 is 1.07 bits per heavy atom. The number of allylic oxidation sites excluding steroid dienone is 2. The zero-order valence-electron chi connectivity index (χ0n) is 17.1. The number of hydrogen-bond acceptors (Lipinski definition) is 3. The number of benzene rings is 2. The second-order valence-corrected chi connectivity index (χ2v) is 7.68. The van der Waals surface area contributed by atoms with Crippen molar-refractivity contribution in [2.45, 2.75) is 33.7 Å². The van der Waals surface area contributed by atoms with Crippen LogP contribution in [0, 0.1) is 0 Å². The van der Waals surface area contributed by atoms with Crippen LogP contribution in [0.3, 0.4) is 0 Å². The van der Waals surface area contributed by atoms with Gasteiger partial charge in [0.1, 0.15) is 6.54 Å². The lowest BCUT2D eigenvalue weighted by molar-refractivity contribution is -0.674. The van der Waals surface area contributed by atoms with E-state index in [1.807, 2.05) is 36.4 Å². The molecule has 0 aliphatic carbocycles. The molecule has 0 saturated carbocycles. The van der Waals surface area contributed by atoms with Crippen molar-refractivity contribution < 1.29 is 37.7 Å². The lowest BCUT2D eigenvalue weighted by Crippen LogP contribution is -3.00. The summed E-state index contributed by atoms with van der Waals surface area (Å²) in [7, 11) is 0. The summed E-state index contributed by atoms with van der Waals surface area (Å²) in [5, 5.41) is 1.39. The minimum Gasteiger partial charge on any atom is -1.00 e. The van der Waals surface area contributed by atoms with E-state index >= 15 is 0 Å². The minimum atomic E-state index is 0. The number of oxazole rings is 1. The van der Waals surface area contributed by atoms with Crippen molar-refractivity contribution in [2.24, 2.45) is 0 Å². The van der Waals surface area contributed by atoms with Crippen LogP contribution in [-0.4, -0.2) is 6.54 Å². The predicted octanol–water partition coefficient (Wildman–Crippen LogP) is 3.60. The van der Waals surface area contributed by atoms with Gasteiger partial charge in [0.2, 0.25) is 11.5 Å². The predicted molar refractivity (Wildman–Crippen MR) is 119 cm³/mol. The highest BCUT2D eigenvalue weighted by Gasteiger charge is 2.26. The maximum absolute atomic E-state index is 6.18. The van der Waals surface area contributed by atoms with Crippen molar-refractivity contribution in [1.82, 2.24) is 0 Å². The molecular formula is C23H23Cl2IN2O2. The first-order chi connectivity index (χ1) is 14.0. The van der Waals surface area contributed by atoms with Crippen molar-refractivity contribution in [2.75, 3.05) is 11.4 Å². The molecule has 1 aliphatic heterocycles. The van der Waals surface area contributed by atoms with Gasteiger partial charge in [0, 0.05) is 28.7 Å². The van der Waals surface area contributed by atoms with Gasteiger partial charge in [-0.3, -0.25) is 0 Å². The highest BCUT2D eigenvalue weighted by molar-refractivity contribution is 6.31. The van der Waals surface area contributed by atoms with Crippen molar-refractivity contribution in [3.8, 4) is 5.75 Å². The molecule has 1 aliphatic rings. The first-order valence-electron chi connectivity index (χ1n) is 9.83. The Kier molecular flexibility index (Phi) is 7.37. The lowest BCUT2D eigenvalue weighted by atomic mass is 10.2. The summed E-state index contributed by atoms with van der Waals surface area (Å²) in [6.45, 7) is 7.88. The van der Waals surface area contributed by atoms with Crippen LogP contribution in [0.2, 0.25) is 10.0 Å². The minimum absolute atomic E-state index is 0. The highest BCUT2D eigenvalue weighted by atomic mass is 127. The van der Waals surface area contributed by atoms with Crippen LogP contribution in [0.15, 0.2) is 58.3 Å². The average molecular weight is 557 g/mol. The molecule has 2 heterocycles. The van der Waals surface area contributed by atoms with Gasteiger partial charge in [-0.05, 0) is 56.2 Å². The Hall–Kier alpha value is -1.70. The molecule has 4 rings (SSSR count). The number of hydrogen-bond donors (Lipinski definition) is 0. The van der Waals surface area contributed by atoms with Gasteiger partial charge in [0.05, 0.1) is 11.8 Å². The van der Waals surface area contributed by atoms with E-state index in [1.165, 1.54) is 0 Å². The van der Waals surface area contributed by atoms with E-state index in [2.05, 4.69) is 42.4 Å². The van der Waals surface area contributed by atoms with Crippen LogP contribution in [0.5, 0.6) is 5.75 Å². The van der Waals surface area contributed by atoms with Gasteiger partial charge in [-0.2, -0.15) is 4.57 Å². The fourth-order valence-corrected chi connectivity index (χ4v) is 3.91. The molecule has 0 atom stereocenters. The van der Waals surface area contributed by atoms with E-state index in [0.29, 0.717) is 10.0 Å². The Morgan fingerprint density at radius 3 is 2.50 bits per heavy atom. The molecule has 0 fully saturated rings. The number of aryl methyl sites for hydroxylation is 1. The Morgan fingerprint density at radius 2 is 1.80 bits per heavy atom. The summed E-state index contributed by atoms with van der Waals surface area (Å²) < 4.78 is 14.3. The molecule has 0 spiro atoms. The topological polar surface area (TPSA) is 29.5 Å². The number of aromatic nitrogens is 1. The highest BCUT2D eigenvalue weighted by Crippen LogP contribution is 2.40. The second kappa shape index (κ2) is 9.62. The molecule has 30 heavy (non-hydrogen) atoms. The van der Waals surface area contributed by atoms with E-state index in [4.69, 9.17) is 32.4 Å². The largest absolute Gasteiger partial charge is 1.00 e. The van der Waals surface area contributed by atoms with Crippen LogP contribution in [0.25, 0.3) is 17.2 Å². The number of ether oxygens (including phenoxy) is 1. The Balaban J connectivity index is 0.00000256. The fraction of sp³-hybridized carbons (Fsp3) is 0.261. The number of rotatable bonds is 5. The molecule has 7 heteroatoms. The van der Waals surface area contributed by atoms with Crippen molar-refractivity contribution >= 4 is 46.1 Å². The molecule has 4 nitrogen and oxygen atoms in total. The second-order valence-electron chi connectivity index (χ2n) is 6.81. The van der Waals surface area contributed by atoms with E-state index in [1.54, 1.807) is 0 Å². The molecule has 1 aromatic heterocycles. The monoisotopic (exact) mass is 556 g/mol. The SMILES string of the molecule is CCC(=Cc1oc2ccc(Cl)cc2[n+]1CC)C=C1Oc2ccc(Cl)cc2N1CC.[I-]. The standard InChI is InChI=1S/C23H23Cl2N2O2.HI/c1-4-15(11-22-26(5-2)18-13-16(24)7-9-20(18)28-22)12-23-27(6-3)19-14-17(25)8-10-21(19)29-23;/h7-14H,4-6H2,1-3H3;1H/q+1;/p-1. The molecule has 2 aromatic carbocycles. The summed E-state index contributed by atoms with van der Waals surface area (Å²) in [5.74, 6) is 2.40. The third-order valence-electron chi connectivity index (χ3n) is 5.04. The lowest BCUT2D eigenvalue weighted by Gasteiger charge is -2.16. The summed E-state index contributed by atoms with van der Waals surface area (Å²) in [5.41, 5.74) is 3.90. The maximum atomic E-state index is 6.18. The van der Waals surface area contributed by atoms with Crippen molar-refractivity contribution in [3.05, 3.63) is 69.9 Å². The van der Waals surface area contributed by atoms with E-state index in [9.17, 15) is 0 Å². The first-order valence-corrected chi connectivity index (χ1v) is 10.6.